The number of carbonyl (C=O) groups is 2. The second-order valence-corrected chi connectivity index (χ2v) is 6.81. The van der Waals surface area contributed by atoms with Crippen molar-refractivity contribution in [3.63, 3.8) is 0 Å². The van der Waals surface area contributed by atoms with Gasteiger partial charge in [0.1, 0.15) is 6.07 Å². The van der Waals surface area contributed by atoms with E-state index in [-0.39, 0.29) is 0 Å². The summed E-state index contributed by atoms with van der Waals surface area (Å²) in [5.74, 6) is -1.05. The summed E-state index contributed by atoms with van der Waals surface area (Å²) in [7, 11) is 0. The minimum absolute atomic E-state index is 0.342. The lowest BCUT2D eigenvalue weighted by Crippen LogP contribution is -2.22. The van der Waals surface area contributed by atoms with Gasteiger partial charge < -0.3 is 10.1 Å². The zero-order valence-electron chi connectivity index (χ0n) is 17.1. The molecule has 0 aliphatic carbocycles. The van der Waals surface area contributed by atoms with Crippen LogP contribution in [-0.4, -0.2) is 23.5 Å². The highest BCUT2D eigenvalue weighted by atomic mass is 16.5. The molecule has 0 radical (unpaired) electrons. The van der Waals surface area contributed by atoms with Gasteiger partial charge in [0.15, 0.2) is 6.61 Å². The number of fused-ring (bicyclic) bond motifs is 1. The fraction of sp³-hybridized carbons (Fsp3) is 0.250. The van der Waals surface area contributed by atoms with Crippen LogP contribution in [-0.2, 0) is 22.4 Å². The van der Waals surface area contributed by atoms with E-state index in [1.54, 1.807) is 24.3 Å². The van der Waals surface area contributed by atoms with Crippen molar-refractivity contribution in [2.75, 3.05) is 11.9 Å². The number of aromatic nitrogens is 1. The number of carbonyl (C=O) groups excluding carboxylic acids is 2. The highest BCUT2D eigenvalue weighted by Crippen LogP contribution is 2.26. The largest absolute Gasteiger partial charge is 0.452 e. The number of aryl methyl sites for hydroxylation is 1. The van der Waals surface area contributed by atoms with Crippen molar-refractivity contribution in [1.29, 1.82) is 5.26 Å². The van der Waals surface area contributed by atoms with Crippen LogP contribution in [0.5, 0.6) is 0 Å². The van der Waals surface area contributed by atoms with Crippen LogP contribution in [0.4, 0.5) is 5.69 Å². The number of nitrogens with zero attached hydrogens (tertiary/aromatic N) is 2. The predicted octanol–water partition coefficient (Wildman–Crippen LogP) is 4.42. The van der Waals surface area contributed by atoms with E-state index in [1.807, 2.05) is 37.3 Å². The average Bonchev–Trinajstić information content (AvgIpc) is 2.77. The molecule has 0 spiro atoms. The third-order valence-corrected chi connectivity index (χ3v) is 4.78. The first kappa shape index (κ1) is 21.0. The molecule has 0 bridgehead atoms. The first-order chi connectivity index (χ1) is 14.6. The Labute approximate surface area is 175 Å². The maximum absolute atomic E-state index is 13.0. The Morgan fingerprint density at radius 2 is 1.83 bits per heavy atom. The summed E-state index contributed by atoms with van der Waals surface area (Å²) in [5.41, 5.74) is 3.67. The molecule has 0 aliphatic rings. The lowest BCUT2D eigenvalue weighted by Gasteiger charge is -2.15. The van der Waals surface area contributed by atoms with Crippen LogP contribution < -0.4 is 5.32 Å². The Bertz CT molecular complexity index is 1130. The molecule has 6 heteroatoms. The summed E-state index contributed by atoms with van der Waals surface area (Å²) in [4.78, 5) is 30.0. The molecule has 1 N–H and O–H groups in total. The Balaban J connectivity index is 1.84. The van der Waals surface area contributed by atoms with Crippen molar-refractivity contribution in [2.45, 2.75) is 33.1 Å². The number of nitrogens with one attached hydrogen (secondary N) is 1. The number of nitriles is 1. The minimum Gasteiger partial charge on any atom is -0.452 e. The van der Waals surface area contributed by atoms with Crippen molar-refractivity contribution in [3.8, 4) is 6.07 Å². The number of anilines is 1. The summed E-state index contributed by atoms with van der Waals surface area (Å²) < 4.78 is 5.36. The Morgan fingerprint density at radius 3 is 2.57 bits per heavy atom. The van der Waals surface area contributed by atoms with E-state index >= 15 is 0 Å². The second-order valence-electron chi connectivity index (χ2n) is 6.81. The molecule has 152 valence electrons. The summed E-state index contributed by atoms with van der Waals surface area (Å²) in [6.45, 7) is 3.60. The molecule has 2 aromatic carbocycles. The standard InChI is InChI=1S/C24H23N3O3/c1-3-9-20-17(4-2)23(18-11-6-8-13-21(18)26-20)24(29)30-15-22(28)27-19-12-7-5-10-16(19)14-25/h5-8,10-13H,3-4,9,15H2,1-2H3,(H,27,28). The van der Waals surface area contributed by atoms with Gasteiger partial charge >= 0.3 is 5.97 Å². The van der Waals surface area contributed by atoms with E-state index < -0.39 is 18.5 Å². The molecule has 0 saturated carbocycles. The van der Waals surface area contributed by atoms with Crippen molar-refractivity contribution in [2.24, 2.45) is 0 Å². The van der Waals surface area contributed by atoms with Gasteiger partial charge in [-0.1, -0.05) is 50.6 Å². The topological polar surface area (TPSA) is 92.1 Å². The van der Waals surface area contributed by atoms with Crippen LogP contribution in [0.15, 0.2) is 48.5 Å². The van der Waals surface area contributed by atoms with Crippen molar-refractivity contribution in [1.82, 2.24) is 4.98 Å². The molecule has 0 saturated heterocycles. The molecule has 3 aromatic rings. The number of ether oxygens (including phenoxy) is 1. The van der Waals surface area contributed by atoms with Crippen LogP contribution in [0.1, 0.15) is 47.4 Å². The molecular weight excluding hydrogens is 378 g/mol. The molecule has 1 amide bonds. The average molecular weight is 401 g/mol. The Hall–Kier alpha value is -3.72. The molecule has 1 aromatic heterocycles. The third kappa shape index (κ3) is 4.47. The van der Waals surface area contributed by atoms with Gasteiger partial charge in [-0.3, -0.25) is 9.78 Å². The first-order valence-electron chi connectivity index (χ1n) is 9.95. The fourth-order valence-electron chi connectivity index (χ4n) is 3.44. The van der Waals surface area contributed by atoms with Crippen LogP contribution in [0.25, 0.3) is 10.9 Å². The highest BCUT2D eigenvalue weighted by Gasteiger charge is 2.21. The van der Waals surface area contributed by atoms with E-state index in [0.717, 1.165) is 35.0 Å². The third-order valence-electron chi connectivity index (χ3n) is 4.78. The predicted molar refractivity (Wildman–Crippen MR) is 115 cm³/mol. The molecule has 0 unspecified atom stereocenters. The first-order valence-corrected chi connectivity index (χ1v) is 9.95. The zero-order chi connectivity index (χ0) is 21.5. The van der Waals surface area contributed by atoms with E-state index in [2.05, 4.69) is 12.2 Å². The second kappa shape index (κ2) is 9.66. The Morgan fingerprint density at radius 1 is 1.10 bits per heavy atom. The smallest absolute Gasteiger partial charge is 0.339 e. The fourth-order valence-corrected chi connectivity index (χ4v) is 3.44. The maximum atomic E-state index is 13.0. The van der Waals surface area contributed by atoms with Gasteiger partial charge in [0.05, 0.1) is 22.3 Å². The monoisotopic (exact) mass is 401 g/mol. The van der Waals surface area contributed by atoms with Gasteiger partial charge in [-0.2, -0.15) is 5.26 Å². The van der Waals surface area contributed by atoms with Crippen molar-refractivity contribution in [3.05, 3.63) is 70.9 Å². The van der Waals surface area contributed by atoms with Gasteiger partial charge in [0.2, 0.25) is 0 Å². The molecule has 0 fully saturated rings. The van der Waals surface area contributed by atoms with Crippen molar-refractivity contribution < 1.29 is 14.3 Å². The number of hydrogen-bond acceptors (Lipinski definition) is 5. The lowest BCUT2D eigenvalue weighted by molar-refractivity contribution is -0.119. The maximum Gasteiger partial charge on any atom is 0.339 e. The lowest BCUT2D eigenvalue weighted by atomic mass is 9.96. The van der Waals surface area contributed by atoms with E-state index in [0.29, 0.717) is 23.2 Å². The number of hydrogen-bond donors (Lipinski definition) is 1. The summed E-state index contributed by atoms with van der Waals surface area (Å²) in [6, 6.07) is 16.1. The molecule has 0 aliphatic heterocycles. The van der Waals surface area contributed by atoms with Gasteiger partial charge in [0, 0.05) is 11.1 Å². The van der Waals surface area contributed by atoms with Crippen LogP contribution in [0.2, 0.25) is 0 Å². The number of esters is 1. The van der Waals surface area contributed by atoms with Crippen LogP contribution >= 0.6 is 0 Å². The van der Waals surface area contributed by atoms with Gasteiger partial charge in [-0.05, 0) is 36.6 Å². The molecule has 3 rings (SSSR count). The Kier molecular flexibility index (Phi) is 6.76. The van der Waals surface area contributed by atoms with E-state index in [4.69, 9.17) is 15.0 Å². The molecule has 0 atom stereocenters. The summed E-state index contributed by atoms with van der Waals surface area (Å²) in [6.07, 6.45) is 2.31. The number of rotatable bonds is 7. The SMILES string of the molecule is CCCc1nc2ccccc2c(C(=O)OCC(=O)Nc2ccccc2C#N)c1CC. The molecular formula is C24H23N3O3. The molecule has 1 heterocycles. The van der Waals surface area contributed by atoms with E-state index in [9.17, 15) is 9.59 Å². The summed E-state index contributed by atoms with van der Waals surface area (Å²) >= 11 is 0. The van der Waals surface area contributed by atoms with E-state index in [1.165, 1.54) is 0 Å². The normalized spacial score (nSPS) is 10.4. The molecule has 6 nitrogen and oxygen atoms in total. The number of amides is 1. The minimum atomic E-state index is -0.550. The zero-order valence-corrected chi connectivity index (χ0v) is 17.1. The summed E-state index contributed by atoms with van der Waals surface area (Å²) in [5, 5.41) is 12.5. The number of para-hydroxylation sites is 2. The number of pyridine rings is 1. The highest BCUT2D eigenvalue weighted by molar-refractivity contribution is 6.06. The number of benzene rings is 2. The van der Waals surface area contributed by atoms with Crippen molar-refractivity contribution >= 4 is 28.5 Å². The molecule has 30 heavy (non-hydrogen) atoms. The van der Waals surface area contributed by atoms with Gasteiger partial charge in [-0.25, -0.2) is 4.79 Å². The van der Waals surface area contributed by atoms with Gasteiger partial charge in [0.25, 0.3) is 5.91 Å². The quantitative estimate of drug-likeness (QED) is 0.592. The van der Waals surface area contributed by atoms with Crippen LogP contribution in [0, 0.1) is 11.3 Å². The van der Waals surface area contributed by atoms with Gasteiger partial charge in [-0.15, -0.1) is 0 Å². The van der Waals surface area contributed by atoms with Crippen LogP contribution in [0.3, 0.4) is 0 Å².